The molecule has 0 saturated carbocycles. The van der Waals surface area contributed by atoms with Gasteiger partial charge in [0.1, 0.15) is 17.1 Å². The largest absolute Gasteiger partial charge is 0.484 e. The standard InChI is InChI=1S/C21H24N2O5/c1-21(2,3)28-20(25)15-27-18-11-9-16(10-12-18)13-22-23-19(24)14-26-17-7-5-4-6-8-17/h4-13H,14-15H2,1-3H3,(H,23,24)/b22-13-. The van der Waals surface area contributed by atoms with Crippen LogP contribution < -0.4 is 14.9 Å². The van der Waals surface area contributed by atoms with Crippen LogP contribution in [-0.4, -0.2) is 36.9 Å². The minimum Gasteiger partial charge on any atom is -0.484 e. The molecule has 0 unspecified atom stereocenters. The number of rotatable bonds is 8. The zero-order valence-corrected chi connectivity index (χ0v) is 16.2. The Hall–Kier alpha value is -3.35. The predicted octanol–water partition coefficient (Wildman–Crippen LogP) is 2.94. The van der Waals surface area contributed by atoms with Gasteiger partial charge < -0.3 is 14.2 Å². The number of hydrazone groups is 1. The first-order chi connectivity index (χ1) is 13.3. The van der Waals surface area contributed by atoms with E-state index in [1.807, 2.05) is 18.2 Å². The first-order valence-electron chi connectivity index (χ1n) is 8.76. The van der Waals surface area contributed by atoms with Gasteiger partial charge in [0.05, 0.1) is 6.21 Å². The summed E-state index contributed by atoms with van der Waals surface area (Å²) in [5.41, 5.74) is 2.60. The summed E-state index contributed by atoms with van der Waals surface area (Å²) in [4.78, 5) is 23.3. The Kier molecular flexibility index (Phi) is 7.56. The van der Waals surface area contributed by atoms with Gasteiger partial charge in [0.25, 0.3) is 5.91 Å². The topological polar surface area (TPSA) is 86.2 Å². The van der Waals surface area contributed by atoms with Crippen molar-refractivity contribution in [2.24, 2.45) is 5.10 Å². The van der Waals surface area contributed by atoms with E-state index in [0.29, 0.717) is 11.5 Å². The maximum Gasteiger partial charge on any atom is 0.344 e. The zero-order chi connectivity index (χ0) is 20.4. The molecule has 2 aromatic carbocycles. The fourth-order valence-corrected chi connectivity index (χ4v) is 2.04. The van der Waals surface area contributed by atoms with Gasteiger partial charge in [-0.05, 0) is 62.7 Å². The SMILES string of the molecule is CC(C)(C)OC(=O)COc1ccc(/C=N\NC(=O)COc2ccccc2)cc1. The Bertz CT molecular complexity index is 796. The summed E-state index contributed by atoms with van der Waals surface area (Å²) >= 11 is 0. The van der Waals surface area contributed by atoms with Crippen LogP contribution >= 0.6 is 0 Å². The van der Waals surface area contributed by atoms with Gasteiger partial charge >= 0.3 is 5.97 Å². The van der Waals surface area contributed by atoms with Gasteiger partial charge in [-0.3, -0.25) is 4.79 Å². The van der Waals surface area contributed by atoms with Gasteiger partial charge in [0, 0.05) is 0 Å². The van der Waals surface area contributed by atoms with Crippen LogP contribution in [0.25, 0.3) is 0 Å². The summed E-state index contributed by atoms with van der Waals surface area (Å²) < 4.78 is 15.9. The minimum absolute atomic E-state index is 0.126. The normalized spacial score (nSPS) is 11.1. The summed E-state index contributed by atoms with van der Waals surface area (Å²) in [6, 6.07) is 16.0. The van der Waals surface area contributed by atoms with Gasteiger partial charge in [-0.15, -0.1) is 0 Å². The number of amides is 1. The van der Waals surface area contributed by atoms with Gasteiger partial charge in [0.15, 0.2) is 13.2 Å². The fraction of sp³-hybridized carbons (Fsp3) is 0.286. The maximum absolute atomic E-state index is 11.7. The molecule has 0 aromatic heterocycles. The lowest BCUT2D eigenvalue weighted by Crippen LogP contribution is -2.27. The third kappa shape index (κ3) is 8.35. The van der Waals surface area contributed by atoms with Crippen molar-refractivity contribution in [1.29, 1.82) is 0 Å². The van der Waals surface area contributed by atoms with E-state index in [-0.39, 0.29) is 19.1 Å². The summed E-state index contributed by atoms with van der Waals surface area (Å²) in [5.74, 6) is 0.350. The highest BCUT2D eigenvalue weighted by molar-refractivity contribution is 5.83. The number of hydrogen-bond acceptors (Lipinski definition) is 6. The number of hydrogen-bond donors (Lipinski definition) is 1. The molecule has 0 aliphatic rings. The second kappa shape index (κ2) is 10.1. The monoisotopic (exact) mass is 384 g/mol. The number of nitrogens with zero attached hydrogens (tertiary/aromatic N) is 1. The molecule has 7 nitrogen and oxygen atoms in total. The second-order valence-electron chi connectivity index (χ2n) is 6.84. The lowest BCUT2D eigenvalue weighted by Gasteiger charge is -2.19. The van der Waals surface area contributed by atoms with Crippen molar-refractivity contribution in [3.8, 4) is 11.5 Å². The van der Waals surface area contributed by atoms with Crippen molar-refractivity contribution in [3.05, 3.63) is 60.2 Å². The lowest BCUT2D eigenvalue weighted by atomic mass is 10.2. The highest BCUT2D eigenvalue weighted by Crippen LogP contribution is 2.12. The maximum atomic E-state index is 11.7. The average molecular weight is 384 g/mol. The molecule has 0 aliphatic heterocycles. The number of carbonyl (C=O) groups excluding carboxylic acids is 2. The molecule has 2 aromatic rings. The van der Waals surface area contributed by atoms with Crippen molar-refractivity contribution in [3.63, 3.8) is 0 Å². The van der Waals surface area contributed by atoms with Crippen molar-refractivity contribution >= 4 is 18.1 Å². The summed E-state index contributed by atoms with van der Waals surface area (Å²) in [6.45, 7) is 5.10. The Morgan fingerprint density at radius 3 is 2.18 bits per heavy atom. The van der Waals surface area contributed by atoms with Gasteiger partial charge in [0.2, 0.25) is 0 Å². The van der Waals surface area contributed by atoms with Crippen LogP contribution in [0.15, 0.2) is 59.7 Å². The molecule has 0 bridgehead atoms. The Morgan fingerprint density at radius 1 is 0.929 bits per heavy atom. The molecule has 7 heteroatoms. The summed E-state index contributed by atoms with van der Waals surface area (Å²) in [5, 5.41) is 3.88. The third-order valence-corrected chi connectivity index (χ3v) is 3.17. The van der Waals surface area contributed by atoms with E-state index < -0.39 is 11.6 Å². The van der Waals surface area contributed by atoms with Crippen molar-refractivity contribution in [2.75, 3.05) is 13.2 Å². The molecule has 0 aliphatic carbocycles. The van der Waals surface area contributed by atoms with Gasteiger partial charge in [-0.25, -0.2) is 10.2 Å². The van der Waals surface area contributed by atoms with Crippen LogP contribution in [-0.2, 0) is 14.3 Å². The number of benzene rings is 2. The highest BCUT2D eigenvalue weighted by atomic mass is 16.6. The van der Waals surface area contributed by atoms with E-state index in [4.69, 9.17) is 14.2 Å². The zero-order valence-electron chi connectivity index (χ0n) is 16.2. The lowest BCUT2D eigenvalue weighted by molar-refractivity contribution is -0.157. The molecule has 1 amide bonds. The van der Waals surface area contributed by atoms with E-state index in [2.05, 4.69) is 10.5 Å². The van der Waals surface area contributed by atoms with Gasteiger partial charge in [-0.1, -0.05) is 18.2 Å². The predicted molar refractivity (Wildman–Crippen MR) is 105 cm³/mol. The molecule has 2 rings (SSSR count). The molecule has 0 spiro atoms. The molecule has 0 heterocycles. The third-order valence-electron chi connectivity index (χ3n) is 3.17. The minimum atomic E-state index is -0.544. The number of nitrogens with one attached hydrogen (secondary N) is 1. The number of ether oxygens (including phenoxy) is 3. The smallest absolute Gasteiger partial charge is 0.344 e. The number of esters is 1. The van der Waals surface area contributed by atoms with E-state index in [0.717, 1.165) is 5.56 Å². The van der Waals surface area contributed by atoms with Crippen LogP contribution in [0.3, 0.4) is 0 Å². The highest BCUT2D eigenvalue weighted by Gasteiger charge is 2.16. The van der Waals surface area contributed by atoms with Crippen molar-refractivity contribution < 1.29 is 23.8 Å². The average Bonchev–Trinajstić information content (AvgIpc) is 2.65. The number of carbonyl (C=O) groups is 2. The van der Waals surface area contributed by atoms with E-state index in [9.17, 15) is 9.59 Å². The van der Waals surface area contributed by atoms with Crippen LogP contribution in [0.5, 0.6) is 11.5 Å². The molecule has 0 atom stereocenters. The van der Waals surface area contributed by atoms with Crippen LogP contribution in [0.4, 0.5) is 0 Å². The van der Waals surface area contributed by atoms with Crippen LogP contribution in [0.2, 0.25) is 0 Å². The van der Waals surface area contributed by atoms with Crippen molar-refractivity contribution in [2.45, 2.75) is 26.4 Å². The van der Waals surface area contributed by atoms with Crippen LogP contribution in [0.1, 0.15) is 26.3 Å². The first kappa shape index (κ1) is 21.0. The molecular weight excluding hydrogens is 360 g/mol. The molecule has 0 saturated heterocycles. The summed E-state index contributed by atoms with van der Waals surface area (Å²) in [7, 11) is 0. The van der Waals surface area contributed by atoms with E-state index >= 15 is 0 Å². The molecule has 1 N–H and O–H groups in total. The van der Waals surface area contributed by atoms with Crippen molar-refractivity contribution in [1.82, 2.24) is 5.43 Å². The molecule has 148 valence electrons. The molecular formula is C21H24N2O5. The quantitative estimate of drug-likeness (QED) is 0.430. The first-order valence-corrected chi connectivity index (χ1v) is 8.76. The fourth-order valence-electron chi connectivity index (χ4n) is 2.04. The molecule has 28 heavy (non-hydrogen) atoms. The van der Waals surface area contributed by atoms with E-state index in [1.54, 1.807) is 57.2 Å². The van der Waals surface area contributed by atoms with E-state index in [1.165, 1.54) is 6.21 Å². The molecule has 0 fully saturated rings. The second-order valence-corrected chi connectivity index (χ2v) is 6.84. The molecule has 0 radical (unpaired) electrons. The van der Waals surface area contributed by atoms with Gasteiger partial charge in [-0.2, -0.15) is 5.10 Å². The van der Waals surface area contributed by atoms with Crippen LogP contribution in [0, 0.1) is 0 Å². The Morgan fingerprint density at radius 2 is 1.54 bits per heavy atom. The number of para-hydroxylation sites is 1. The Balaban J connectivity index is 1.72. The Labute approximate surface area is 164 Å². The summed E-state index contributed by atoms with van der Waals surface area (Å²) in [6.07, 6.45) is 1.50.